The average molecular weight is 392 g/mol. The lowest BCUT2D eigenvalue weighted by molar-refractivity contribution is -0.154. The third kappa shape index (κ3) is 4.78. The van der Waals surface area contributed by atoms with Gasteiger partial charge in [0.15, 0.2) is 6.61 Å². The Morgan fingerprint density at radius 1 is 1.11 bits per heavy atom. The lowest BCUT2D eigenvalue weighted by atomic mass is 10.1. The molecule has 0 aliphatic rings. The van der Waals surface area contributed by atoms with Crippen LogP contribution < -0.4 is 15.6 Å². The van der Waals surface area contributed by atoms with E-state index in [0.29, 0.717) is 0 Å². The number of fused-ring (bicyclic) bond motifs is 1. The lowest BCUT2D eigenvalue weighted by Crippen LogP contribution is -2.42. The Morgan fingerprint density at radius 2 is 1.89 bits per heavy atom. The zero-order chi connectivity index (χ0) is 20.1. The second-order valence-electron chi connectivity index (χ2n) is 5.80. The second kappa shape index (κ2) is 7.99. The highest BCUT2D eigenvalue weighted by Gasteiger charge is 2.29. The van der Waals surface area contributed by atoms with Crippen LogP contribution in [0.1, 0.15) is 15.9 Å². The molecule has 0 saturated heterocycles. The Bertz CT molecular complexity index is 1000. The minimum absolute atomic E-state index is 0.00519. The Morgan fingerprint density at radius 3 is 2.68 bits per heavy atom. The van der Waals surface area contributed by atoms with E-state index in [1.165, 1.54) is 18.3 Å². The maximum atomic E-state index is 12.3. The van der Waals surface area contributed by atoms with Gasteiger partial charge in [-0.25, -0.2) is 4.98 Å². The van der Waals surface area contributed by atoms with Crippen LogP contribution in [0.25, 0.3) is 10.9 Å². The molecule has 2 aromatic heterocycles. The monoisotopic (exact) mass is 392 g/mol. The van der Waals surface area contributed by atoms with Crippen LogP contribution in [-0.4, -0.2) is 34.6 Å². The van der Waals surface area contributed by atoms with E-state index in [0.717, 1.165) is 16.5 Å². The van der Waals surface area contributed by atoms with Crippen LogP contribution in [0.3, 0.4) is 0 Å². The number of hydrogen-bond acceptors (Lipinski definition) is 4. The zero-order valence-electron chi connectivity index (χ0n) is 14.3. The topological polar surface area (TPSA) is 96.1 Å². The van der Waals surface area contributed by atoms with Gasteiger partial charge < -0.3 is 9.72 Å². The van der Waals surface area contributed by atoms with E-state index in [2.05, 4.69) is 25.6 Å². The fourth-order valence-corrected chi connectivity index (χ4v) is 2.52. The number of ether oxygens (including phenoxy) is 1. The van der Waals surface area contributed by atoms with E-state index in [1.54, 1.807) is 6.20 Å². The predicted molar refractivity (Wildman–Crippen MR) is 93.4 cm³/mol. The Balaban J connectivity index is 1.60. The largest absolute Gasteiger partial charge is 0.467 e. The molecule has 10 heteroatoms. The summed E-state index contributed by atoms with van der Waals surface area (Å²) in [5.41, 5.74) is 5.74. The van der Waals surface area contributed by atoms with Gasteiger partial charge in [0.2, 0.25) is 11.8 Å². The molecule has 2 heterocycles. The van der Waals surface area contributed by atoms with Crippen LogP contribution in [0.2, 0.25) is 0 Å². The number of benzene rings is 1. The number of alkyl halides is 3. The number of hydrogen-bond donors (Lipinski definition) is 3. The number of amides is 2. The van der Waals surface area contributed by atoms with E-state index < -0.39 is 30.5 Å². The molecule has 0 aliphatic heterocycles. The van der Waals surface area contributed by atoms with Gasteiger partial charge in [0.1, 0.15) is 5.56 Å². The Labute approximate surface area is 156 Å². The number of nitrogens with one attached hydrogen (secondary N) is 3. The molecule has 0 aliphatic carbocycles. The summed E-state index contributed by atoms with van der Waals surface area (Å²) in [6, 6.07) is 10.0. The van der Waals surface area contributed by atoms with Crippen molar-refractivity contribution in [3.8, 4) is 5.88 Å². The molecule has 1 aromatic carbocycles. The maximum absolute atomic E-state index is 12.3. The standard InChI is InChI=1S/C18H15F3N4O3/c19-18(20,21)10-28-17-13(5-3-7-22-17)16(27)25-24-15(26)8-11-9-23-14-6-2-1-4-12(11)14/h1-7,9,23H,8,10H2,(H,24,26)(H,25,27). The van der Waals surface area contributed by atoms with E-state index in [4.69, 9.17) is 0 Å². The summed E-state index contributed by atoms with van der Waals surface area (Å²) < 4.78 is 41.5. The van der Waals surface area contributed by atoms with E-state index in [1.807, 2.05) is 24.3 Å². The smallest absolute Gasteiger partial charge is 0.422 e. The number of carbonyl (C=O) groups excluding carboxylic acids is 2. The number of carbonyl (C=O) groups is 2. The molecule has 3 N–H and O–H groups in total. The summed E-state index contributed by atoms with van der Waals surface area (Å²) in [7, 11) is 0. The predicted octanol–water partition coefficient (Wildman–Crippen LogP) is 2.51. The highest BCUT2D eigenvalue weighted by molar-refractivity contribution is 5.97. The molecule has 3 aromatic rings. The number of nitrogens with zero attached hydrogens (tertiary/aromatic N) is 1. The minimum atomic E-state index is -4.57. The highest BCUT2D eigenvalue weighted by Crippen LogP contribution is 2.20. The van der Waals surface area contributed by atoms with Crippen LogP contribution in [0.5, 0.6) is 5.88 Å². The molecule has 0 saturated carbocycles. The van der Waals surface area contributed by atoms with E-state index in [-0.39, 0.29) is 12.0 Å². The van der Waals surface area contributed by atoms with Crippen LogP contribution in [0.15, 0.2) is 48.8 Å². The molecule has 0 atom stereocenters. The van der Waals surface area contributed by atoms with Crippen molar-refractivity contribution >= 4 is 22.7 Å². The molecule has 28 heavy (non-hydrogen) atoms. The number of hydrazine groups is 1. The third-order valence-electron chi connectivity index (χ3n) is 3.73. The molecule has 0 bridgehead atoms. The van der Waals surface area contributed by atoms with Crippen molar-refractivity contribution < 1.29 is 27.5 Å². The number of aromatic amines is 1. The summed E-state index contributed by atoms with van der Waals surface area (Å²) in [5.74, 6) is -1.83. The molecule has 2 amide bonds. The Hall–Kier alpha value is -3.56. The van der Waals surface area contributed by atoms with Gasteiger partial charge in [-0.15, -0.1) is 0 Å². The van der Waals surface area contributed by atoms with Crippen LogP contribution in [0, 0.1) is 0 Å². The number of aromatic nitrogens is 2. The highest BCUT2D eigenvalue weighted by atomic mass is 19.4. The Kier molecular flexibility index (Phi) is 5.48. The molecule has 0 fully saturated rings. The number of pyridine rings is 1. The van der Waals surface area contributed by atoms with Gasteiger partial charge >= 0.3 is 6.18 Å². The fourth-order valence-electron chi connectivity index (χ4n) is 2.52. The second-order valence-corrected chi connectivity index (χ2v) is 5.80. The van der Waals surface area contributed by atoms with E-state index >= 15 is 0 Å². The average Bonchev–Trinajstić information content (AvgIpc) is 3.07. The maximum Gasteiger partial charge on any atom is 0.422 e. The first-order valence-electron chi connectivity index (χ1n) is 8.12. The van der Waals surface area contributed by atoms with Crippen LogP contribution >= 0.6 is 0 Å². The third-order valence-corrected chi connectivity index (χ3v) is 3.73. The van der Waals surface area contributed by atoms with Crippen molar-refractivity contribution in [2.75, 3.05) is 6.61 Å². The molecule has 0 unspecified atom stereocenters. The van der Waals surface area contributed by atoms with Gasteiger partial charge in [-0.3, -0.25) is 20.4 Å². The number of para-hydroxylation sites is 1. The minimum Gasteiger partial charge on any atom is -0.467 e. The van der Waals surface area contributed by atoms with Crippen LogP contribution in [-0.2, 0) is 11.2 Å². The van der Waals surface area contributed by atoms with Crippen molar-refractivity contribution in [2.24, 2.45) is 0 Å². The quantitative estimate of drug-likeness (QED) is 0.582. The first kappa shape index (κ1) is 19.2. The van der Waals surface area contributed by atoms with Gasteiger partial charge in [0.05, 0.1) is 6.42 Å². The van der Waals surface area contributed by atoms with Gasteiger partial charge in [0.25, 0.3) is 5.91 Å². The van der Waals surface area contributed by atoms with Gasteiger partial charge in [-0.2, -0.15) is 13.2 Å². The lowest BCUT2D eigenvalue weighted by Gasteiger charge is -2.12. The van der Waals surface area contributed by atoms with Crippen molar-refractivity contribution in [1.29, 1.82) is 0 Å². The molecular weight excluding hydrogens is 377 g/mol. The molecule has 3 rings (SSSR count). The fraction of sp³-hybridized carbons (Fsp3) is 0.167. The SMILES string of the molecule is O=C(Cc1c[nH]c2ccccc12)NNC(=O)c1cccnc1OCC(F)(F)F. The van der Waals surface area contributed by atoms with E-state index in [9.17, 15) is 22.8 Å². The number of halogens is 3. The summed E-state index contributed by atoms with van der Waals surface area (Å²) in [4.78, 5) is 30.9. The molecule has 146 valence electrons. The summed E-state index contributed by atoms with van der Waals surface area (Å²) in [6.45, 7) is -1.59. The van der Waals surface area contributed by atoms with Crippen molar-refractivity contribution in [2.45, 2.75) is 12.6 Å². The first-order valence-corrected chi connectivity index (χ1v) is 8.12. The molecule has 7 nitrogen and oxygen atoms in total. The summed E-state index contributed by atoms with van der Waals surface area (Å²) in [6.07, 6.45) is -1.69. The van der Waals surface area contributed by atoms with Crippen molar-refractivity contribution in [3.05, 3.63) is 59.9 Å². The molecule has 0 spiro atoms. The molecular formula is C18H15F3N4O3. The van der Waals surface area contributed by atoms with Crippen molar-refractivity contribution in [3.63, 3.8) is 0 Å². The number of rotatable bonds is 5. The summed E-state index contributed by atoms with van der Waals surface area (Å²) >= 11 is 0. The van der Waals surface area contributed by atoms with Crippen molar-refractivity contribution in [1.82, 2.24) is 20.8 Å². The zero-order valence-corrected chi connectivity index (χ0v) is 14.3. The van der Waals surface area contributed by atoms with Gasteiger partial charge in [-0.1, -0.05) is 18.2 Å². The first-order chi connectivity index (χ1) is 13.3. The van der Waals surface area contributed by atoms with Gasteiger partial charge in [-0.05, 0) is 23.8 Å². The summed E-state index contributed by atoms with van der Waals surface area (Å²) in [5, 5.41) is 0.874. The number of H-pyrrole nitrogens is 1. The van der Waals surface area contributed by atoms with Gasteiger partial charge in [0, 0.05) is 23.3 Å². The van der Waals surface area contributed by atoms with Crippen LogP contribution in [0.4, 0.5) is 13.2 Å². The normalized spacial score (nSPS) is 11.2. The molecule has 0 radical (unpaired) electrons.